The largest absolute Gasteiger partial charge is 0.388 e. The molecule has 0 aromatic carbocycles. The summed E-state index contributed by atoms with van der Waals surface area (Å²) in [6.07, 6.45) is -0.897. The second-order valence-electron chi connectivity index (χ2n) is 3.66. The van der Waals surface area contributed by atoms with E-state index in [1.165, 1.54) is 0 Å². The van der Waals surface area contributed by atoms with Gasteiger partial charge >= 0.3 is 0 Å². The smallest absolute Gasteiger partial charge is 0.189 e. The van der Waals surface area contributed by atoms with Gasteiger partial charge in [-0.05, 0) is 12.8 Å². The number of hydrogen-bond acceptors (Lipinski definition) is 7. The van der Waals surface area contributed by atoms with Gasteiger partial charge in [-0.15, -0.1) is 0 Å². The maximum absolute atomic E-state index is 10.8. The van der Waals surface area contributed by atoms with Crippen molar-refractivity contribution in [1.29, 1.82) is 0 Å². The lowest BCUT2D eigenvalue weighted by molar-refractivity contribution is -0.138. The van der Waals surface area contributed by atoms with Crippen molar-refractivity contribution in [2.45, 2.75) is 25.0 Å². The molecule has 7 heteroatoms. The third-order valence-corrected chi connectivity index (χ3v) is 2.15. The van der Waals surface area contributed by atoms with Crippen LogP contribution in [-0.2, 0) is 19.1 Å². The first-order chi connectivity index (χ1) is 8.63. The summed E-state index contributed by atoms with van der Waals surface area (Å²) < 4.78 is 9.96. The number of carbonyl (C=O) groups excluding carboxylic acids is 2. The molecule has 0 spiro atoms. The molecule has 0 saturated carbocycles. The summed E-state index contributed by atoms with van der Waals surface area (Å²) in [5.74, 6) is -0.839. The maximum atomic E-state index is 10.8. The first-order valence-electron chi connectivity index (χ1n) is 5.72. The average molecular weight is 264 g/mol. The average Bonchev–Trinajstić information content (AvgIpc) is 2.39. The quantitative estimate of drug-likeness (QED) is 0.284. The van der Waals surface area contributed by atoms with E-state index < -0.39 is 24.6 Å². The molecule has 0 aliphatic carbocycles. The van der Waals surface area contributed by atoms with Crippen molar-refractivity contribution in [1.82, 2.24) is 0 Å². The fourth-order valence-corrected chi connectivity index (χ4v) is 1.14. The molecule has 0 unspecified atom stereocenters. The molecular formula is C11H20O7. The van der Waals surface area contributed by atoms with Gasteiger partial charge in [-0.3, -0.25) is 4.79 Å². The molecule has 0 aliphatic rings. The van der Waals surface area contributed by atoms with Crippen molar-refractivity contribution < 1.29 is 34.4 Å². The Bertz CT molecular complexity index is 231. The van der Waals surface area contributed by atoms with Gasteiger partial charge in [-0.2, -0.15) is 0 Å². The van der Waals surface area contributed by atoms with Gasteiger partial charge in [0.25, 0.3) is 0 Å². The van der Waals surface area contributed by atoms with Gasteiger partial charge in [0.05, 0.1) is 6.61 Å². The molecule has 0 bridgehead atoms. The van der Waals surface area contributed by atoms with Gasteiger partial charge in [0.15, 0.2) is 5.78 Å². The highest BCUT2D eigenvalue weighted by Gasteiger charge is 2.23. The predicted octanol–water partition coefficient (Wildman–Crippen LogP) is -1.72. The molecule has 0 rings (SSSR count). The zero-order chi connectivity index (χ0) is 13.8. The van der Waals surface area contributed by atoms with Gasteiger partial charge in [0.1, 0.15) is 31.7 Å². The van der Waals surface area contributed by atoms with Crippen LogP contribution in [0.1, 0.15) is 12.8 Å². The van der Waals surface area contributed by atoms with Gasteiger partial charge in [0, 0.05) is 13.2 Å². The number of rotatable bonds is 12. The second-order valence-corrected chi connectivity index (χ2v) is 3.66. The summed E-state index contributed by atoms with van der Waals surface area (Å²) in [5, 5.41) is 27.0. The van der Waals surface area contributed by atoms with Crippen molar-refractivity contribution >= 4 is 12.1 Å². The van der Waals surface area contributed by atoms with Crippen molar-refractivity contribution in [3.8, 4) is 0 Å². The van der Waals surface area contributed by atoms with Gasteiger partial charge in [-0.1, -0.05) is 0 Å². The van der Waals surface area contributed by atoms with Crippen molar-refractivity contribution in [3.63, 3.8) is 0 Å². The number of aldehydes is 1. The van der Waals surface area contributed by atoms with Crippen LogP contribution in [-0.4, -0.2) is 72.6 Å². The Balaban J connectivity index is 3.42. The van der Waals surface area contributed by atoms with E-state index >= 15 is 0 Å². The molecule has 0 aromatic rings. The second kappa shape index (κ2) is 11.2. The molecule has 0 amide bonds. The lowest BCUT2D eigenvalue weighted by Gasteiger charge is -2.15. The number of ketones is 1. The summed E-state index contributed by atoms with van der Waals surface area (Å²) in [6.45, 7) is -0.110. The topological polar surface area (TPSA) is 113 Å². The van der Waals surface area contributed by atoms with E-state index in [0.717, 1.165) is 0 Å². The molecule has 7 nitrogen and oxygen atoms in total. The Hall–Kier alpha value is -0.860. The molecular weight excluding hydrogens is 244 g/mol. The number of hydrogen-bond donors (Lipinski definition) is 3. The summed E-state index contributed by atoms with van der Waals surface area (Å²) in [4.78, 5) is 20.7. The zero-order valence-electron chi connectivity index (χ0n) is 10.2. The summed E-state index contributed by atoms with van der Waals surface area (Å²) in [5.41, 5.74) is 0. The zero-order valence-corrected chi connectivity index (χ0v) is 10.2. The fraction of sp³-hybridized carbons (Fsp3) is 0.818. The summed E-state index contributed by atoms with van der Waals surface area (Å²) in [7, 11) is 0. The minimum absolute atomic E-state index is 0.0784. The third-order valence-electron chi connectivity index (χ3n) is 2.15. The third kappa shape index (κ3) is 8.26. The lowest BCUT2D eigenvalue weighted by atomic mass is 10.1. The molecule has 0 fully saturated rings. The van der Waals surface area contributed by atoms with E-state index in [2.05, 4.69) is 0 Å². The van der Waals surface area contributed by atoms with Crippen LogP contribution in [0.2, 0.25) is 0 Å². The molecule has 0 radical (unpaired) electrons. The van der Waals surface area contributed by atoms with E-state index in [0.29, 0.717) is 32.3 Å². The normalized spacial score (nSPS) is 14.2. The number of ether oxygens (including phenoxy) is 2. The molecule has 0 heterocycles. The minimum atomic E-state index is -1.62. The predicted molar refractivity (Wildman–Crippen MR) is 61.0 cm³/mol. The van der Waals surface area contributed by atoms with Crippen molar-refractivity contribution in [3.05, 3.63) is 0 Å². The first-order valence-corrected chi connectivity index (χ1v) is 5.72. The number of carbonyl (C=O) groups is 2. The van der Waals surface area contributed by atoms with Gasteiger partial charge in [0.2, 0.25) is 0 Å². The first kappa shape index (κ1) is 17.1. The highest BCUT2D eigenvalue weighted by atomic mass is 16.5. The number of Topliss-reactive ketones (excluding diaryl/α,β-unsaturated/α-hetero) is 1. The lowest BCUT2D eigenvalue weighted by Crippen LogP contribution is -2.38. The fourth-order valence-electron chi connectivity index (χ4n) is 1.14. The SMILES string of the molecule is O=CCOCCCCOC[C@@H](O)[C@H](O)C(=O)CO. The Labute approximate surface area is 105 Å². The monoisotopic (exact) mass is 264 g/mol. The van der Waals surface area contributed by atoms with Crippen LogP contribution < -0.4 is 0 Å². The highest BCUT2D eigenvalue weighted by molar-refractivity contribution is 5.84. The van der Waals surface area contributed by atoms with Crippen LogP contribution >= 0.6 is 0 Å². The van der Waals surface area contributed by atoms with E-state index in [9.17, 15) is 19.8 Å². The van der Waals surface area contributed by atoms with Crippen LogP contribution in [0.4, 0.5) is 0 Å². The molecule has 0 aromatic heterocycles. The van der Waals surface area contributed by atoms with E-state index in [-0.39, 0.29) is 13.2 Å². The number of aliphatic hydroxyl groups is 3. The van der Waals surface area contributed by atoms with Crippen LogP contribution in [0, 0.1) is 0 Å². The number of aliphatic hydroxyl groups excluding tert-OH is 3. The number of unbranched alkanes of at least 4 members (excludes halogenated alkanes) is 1. The summed E-state index contributed by atoms with van der Waals surface area (Å²) >= 11 is 0. The van der Waals surface area contributed by atoms with E-state index in [4.69, 9.17) is 14.6 Å². The highest BCUT2D eigenvalue weighted by Crippen LogP contribution is 1.98. The summed E-state index contributed by atoms with van der Waals surface area (Å²) in [6, 6.07) is 0. The van der Waals surface area contributed by atoms with Crippen LogP contribution in [0.25, 0.3) is 0 Å². The van der Waals surface area contributed by atoms with Crippen molar-refractivity contribution in [2.75, 3.05) is 33.0 Å². The molecule has 0 saturated heterocycles. The molecule has 106 valence electrons. The van der Waals surface area contributed by atoms with Gasteiger partial charge < -0.3 is 29.6 Å². The van der Waals surface area contributed by atoms with Crippen molar-refractivity contribution in [2.24, 2.45) is 0 Å². The Kier molecular flexibility index (Phi) is 10.7. The molecule has 2 atom stereocenters. The molecule has 18 heavy (non-hydrogen) atoms. The van der Waals surface area contributed by atoms with E-state index in [1.54, 1.807) is 0 Å². The van der Waals surface area contributed by atoms with Crippen LogP contribution in [0.15, 0.2) is 0 Å². The Morgan fingerprint density at radius 3 is 2.33 bits per heavy atom. The molecule has 3 N–H and O–H groups in total. The Morgan fingerprint density at radius 2 is 1.78 bits per heavy atom. The maximum Gasteiger partial charge on any atom is 0.189 e. The molecule has 0 aliphatic heterocycles. The standard InChI is InChI=1S/C11H20O7/c12-3-6-17-4-1-2-5-18-8-10(15)11(16)9(14)7-13/h3,10-11,13,15-16H,1-2,4-8H2/t10-,11-/m1/s1. The van der Waals surface area contributed by atoms with Gasteiger partial charge in [-0.25, -0.2) is 0 Å². The van der Waals surface area contributed by atoms with Crippen LogP contribution in [0.5, 0.6) is 0 Å². The minimum Gasteiger partial charge on any atom is -0.388 e. The Morgan fingerprint density at radius 1 is 1.17 bits per heavy atom. The van der Waals surface area contributed by atoms with Crippen LogP contribution in [0.3, 0.4) is 0 Å². The van der Waals surface area contributed by atoms with E-state index in [1.807, 2.05) is 0 Å².